The molecule has 90 valence electrons. The van der Waals surface area contributed by atoms with Gasteiger partial charge in [0.2, 0.25) is 0 Å². The molecule has 0 aliphatic heterocycles. The van der Waals surface area contributed by atoms with Crippen molar-refractivity contribution >= 4 is 11.9 Å². The van der Waals surface area contributed by atoms with Crippen molar-refractivity contribution in [1.29, 1.82) is 0 Å². The predicted molar refractivity (Wildman–Crippen MR) is 58.6 cm³/mol. The Bertz CT molecular complexity index is 295. The van der Waals surface area contributed by atoms with Crippen molar-refractivity contribution in [2.75, 3.05) is 14.2 Å². The molecule has 0 aromatic heterocycles. The minimum atomic E-state index is -0.236. The molecule has 0 aromatic rings. The first kappa shape index (κ1) is 12.7. The predicted octanol–water partition coefficient (Wildman–Crippen LogP) is 1.55. The van der Waals surface area contributed by atoms with Crippen LogP contribution in [-0.4, -0.2) is 26.2 Å². The highest BCUT2D eigenvalue weighted by atomic mass is 16.5. The number of allylic oxidation sites excluding steroid dienone is 2. The van der Waals surface area contributed by atoms with E-state index >= 15 is 0 Å². The van der Waals surface area contributed by atoms with Gasteiger partial charge in [0.25, 0.3) is 0 Å². The first-order valence-corrected chi connectivity index (χ1v) is 5.42. The Balaban J connectivity index is 2.64. The Kier molecular flexibility index (Phi) is 4.52. The van der Waals surface area contributed by atoms with Gasteiger partial charge in [-0.25, -0.2) is 0 Å². The summed E-state index contributed by atoms with van der Waals surface area (Å²) >= 11 is 0. The number of hydrogen-bond acceptors (Lipinski definition) is 4. The molecule has 0 N–H and O–H groups in total. The molecule has 1 rings (SSSR count). The second kappa shape index (κ2) is 5.68. The molecule has 4 heteroatoms. The van der Waals surface area contributed by atoms with Crippen LogP contribution in [0.15, 0.2) is 12.2 Å². The van der Waals surface area contributed by atoms with Gasteiger partial charge in [-0.1, -0.05) is 19.1 Å². The molecule has 1 unspecified atom stereocenters. The molecule has 0 radical (unpaired) electrons. The van der Waals surface area contributed by atoms with Crippen molar-refractivity contribution in [2.45, 2.75) is 19.8 Å². The van der Waals surface area contributed by atoms with Crippen LogP contribution in [0.25, 0.3) is 0 Å². The van der Waals surface area contributed by atoms with E-state index in [1.54, 1.807) is 0 Å². The van der Waals surface area contributed by atoms with Crippen LogP contribution in [-0.2, 0) is 19.1 Å². The fourth-order valence-corrected chi connectivity index (χ4v) is 2.01. The summed E-state index contributed by atoms with van der Waals surface area (Å²) in [6.07, 6.45) is 5.27. The van der Waals surface area contributed by atoms with E-state index in [0.717, 1.165) is 0 Å². The number of carbonyl (C=O) groups is 2. The van der Waals surface area contributed by atoms with Crippen molar-refractivity contribution in [1.82, 2.24) is 0 Å². The lowest BCUT2D eigenvalue weighted by molar-refractivity contribution is -0.149. The van der Waals surface area contributed by atoms with E-state index in [9.17, 15) is 9.59 Å². The van der Waals surface area contributed by atoms with Crippen LogP contribution in [0.5, 0.6) is 0 Å². The number of esters is 2. The minimum Gasteiger partial charge on any atom is -0.469 e. The largest absolute Gasteiger partial charge is 0.469 e. The topological polar surface area (TPSA) is 52.6 Å². The van der Waals surface area contributed by atoms with Gasteiger partial charge < -0.3 is 9.47 Å². The smallest absolute Gasteiger partial charge is 0.308 e. The van der Waals surface area contributed by atoms with Gasteiger partial charge in [0, 0.05) is 0 Å². The summed E-state index contributed by atoms with van der Waals surface area (Å²) in [7, 11) is 2.77. The van der Waals surface area contributed by atoms with Crippen molar-refractivity contribution in [3.05, 3.63) is 12.2 Å². The molecule has 3 atom stereocenters. The summed E-state index contributed by atoms with van der Waals surface area (Å²) in [5.41, 5.74) is 0. The Hall–Kier alpha value is -1.32. The van der Waals surface area contributed by atoms with E-state index < -0.39 is 0 Å². The number of rotatable bonds is 3. The number of carbonyl (C=O) groups excluding carboxylic acids is 2. The summed E-state index contributed by atoms with van der Waals surface area (Å²) < 4.78 is 9.41. The Labute approximate surface area is 95.6 Å². The zero-order chi connectivity index (χ0) is 12.1. The average molecular weight is 226 g/mol. The maximum absolute atomic E-state index is 11.4. The van der Waals surface area contributed by atoms with Crippen molar-refractivity contribution in [3.63, 3.8) is 0 Å². The Morgan fingerprint density at radius 3 is 2.56 bits per heavy atom. The minimum absolute atomic E-state index is 0.0605. The van der Waals surface area contributed by atoms with Crippen LogP contribution in [0.4, 0.5) is 0 Å². The molecule has 1 aliphatic rings. The maximum Gasteiger partial charge on any atom is 0.308 e. The highest BCUT2D eigenvalue weighted by Gasteiger charge is 2.31. The van der Waals surface area contributed by atoms with Gasteiger partial charge in [-0.05, 0) is 18.8 Å². The van der Waals surface area contributed by atoms with E-state index in [-0.39, 0.29) is 29.7 Å². The molecular formula is C12H18O4. The van der Waals surface area contributed by atoms with Crippen LogP contribution >= 0.6 is 0 Å². The standard InChI is InChI=1S/C12H18O4/c1-8(11(13)15-2)9-5-4-6-10(7-9)12(14)16-3/h4-5,8-10H,6-7H2,1-3H3/t8?,9-,10+/m1/s1. The number of methoxy groups -OCH3 is 2. The fourth-order valence-electron chi connectivity index (χ4n) is 2.01. The molecule has 0 saturated carbocycles. The van der Waals surface area contributed by atoms with E-state index in [1.165, 1.54) is 14.2 Å². The lowest BCUT2D eigenvalue weighted by Crippen LogP contribution is -2.28. The van der Waals surface area contributed by atoms with Crippen molar-refractivity contribution in [2.24, 2.45) is 17.8 Å². The van der Waals surface area contributed by atoms with Gasteiger partial charge in [0.05, 0.1) is 26.1 Å². The average Bonchev–Trinajstić information content (AvgIpc) is 2.36. The molecule has 0 aromatic carbocycles. The number of ether oxygens (including phenoxy) is 2. The molecule has 1 aliphatic carbocycles. The summed E-state index contributed by atoms with van der Waals surface area (Å²) in [5.74, 6) is -0.724. The molecule has 0 fully saturated rings. The zero-order valence-corrected chi connectivity index (χ0v) is 9.93. The van der Waals surface area contributed by atoms with Crippen LogP contribution < -0.4 is 0 Å². The summed E-state index contributed by atoms with van der Waals surface area (Å²) in [4.78, 5) is 22.8. The maximum atomic E-state index is 11.4. The summed E-state index contributed by atoms with van der Waals surface area (Å²) in [6.45, 7) is 1.82. The van der Waals surface area contributed by atoms with Gasteiger partial charge in [-0.2, -0.15) is 0 Å². The first-order chi connectivity index (χ1) is 7.60. The molecule has 4 nitrogen and oxygen atoms in total. The molecule has 0 saturated heterocycles. The molecule has 0 amide bonds. The summed E-state index contributed by atoms with van der Waals surface area (Å²) in [6, 6.07) is 0. The second-order valence-corrected chi connectivity index (χ2v) is 4.10. The third kappa shape index (κ3) is 2.84. The van der Waals surface area contributed by atoms with Crippen LogP contribution in [0.3, 0.4) is 0 Å². The van der Waals surface area contributed by atoms with Gasteiger partial charge in [0.1, 0.15) is 0 Å². The zero-order valence-electron chi connectivity index (χ0n) is 9.93. The van der Waals surface area contributed by atoms with Gasteiger partial charge >= 0.3 is 11.9 Å². The quantitative estimate of drug-likeness (QED) is 0.541. The highest BCUT2D eigenvalue weighted by Crippen LogP contribution is 2.30. The highest BCUT2D eigenvalue weighted by molar-refractivity contribution is 5.74. The number of hydrogen-bond donors (Lipinski definition) is 0. The third-order valence-corrected chi connectivity index (χ3v) is 3.11. The molecule has 0 heterocycles. The molecule has 0 spiro atoms. The first-order valence-electron chi connectivity index (χ1n) is 5.42. The monoisotopic (exact) mass is 226 g/mol. The molecular weight excluding hydrogens is 208 g/mol. The summed E-state index contributed by atoms with van der Waals surface area (Å²) in [5, 5.41) is 0. The van der Waals surface area contributed by atoms with Crippen molar-refractivity contribution in [3.8, 4) is 0 Å². The molecule has 0 bridgehead atoms. The van der Waals surface area contributed by atoms with Crippen LogP contribution in [0.2, 0.25) is 0 Å². The molecule has 16 heavy (non-hydrogen) atoms. The van der Waals surface area contributed by atoms with Gasteiger partial charge in [0.15, 0.2) is 0 Å². The lowest BCUT2D eigenvalue weighted by atomic mass is 9.80. The normalized spacial score (nSPS) is 25.9. The third-order valence-electron chi connectivity index (χ3n) is 3.11. The lowest BCUT2D eigenvalue weighted by Gasteiger charge is -2.26. The van der Waals surface area contributed by atoms with E-state index in [2.05, 4.69) is 0 Å². The fraction of sp³-hybridized carbons (Fsp3) is 0.667. The Morgan fingerprint density at radius 2 is 2.00 bits per heavy atom. The van der Waals surface area contributed by atoms with Crippen molar-refractivity contribution < 1.29 is 19.1 Å². The SMILES string of the molecule is COC(=O)C(C)[C@@H]1C=CC[C@H](C(=O)OC)C1. The van der Waals surface area contributed by atoms with Crippen LogP contribution in [0, 0.1) is 17.8 Å². The van der Waals surface area contributed by atoms with Crippen LogP contribution in [0.1, 0.15) is 19.8 Å². The second-order valence-electron chi connectivity index (χ2n) is 4.10. The van der Waals surface area contributed by atoms with E-state index in [1.807, 2.05) is 19.1 Å². The van der Waals surface area contributed by atoms with Gasteiger partial charge in [-0.15, -0.1) is 0 Å². The van der Waals surface area contributed by atoms with Gasteiger partial charge in [-0.3, -0.25) is 9.59 Å². The Morgan fingerprint density at radius 1 is 1.31 bits per heavy atom. The van der Waals surface area contributed by atoms with E-state index in [0.29, 0.717) is 12.8 Å². The van der Waals surface area contributed by atoms with E-state index in [4.69, 9.17) is 9.47 Å².